The second-order valence-corrected chi connectivity index (χ2v) is 4.41. The molecule has 5 heteroatoms. The van der Waals surface area contributed by atoms with E-state index in [0.29, 0.717) is 18.7 Å². The summed E-state index contributed by atoms with van der Waals surface area (Å²) in [7, 11) is 0. The highest BCUT2D eigenvalue weighted by atomic mass is 19.2. The Labute approximate surface area is 115 Å². The van der Waals surface area contributed by atoms with Crippen LogP contribution in [0, 0.1) is 17.5 Å². The molecule has 0 aliphatic rings. The molecule has 0 spiro atoms. The van der Waals surface area contributed by atoms with Gasteiger partial charge in [-0.05, 0) is 18.7 Å². The van der Waals surface area contributed by atoms with E-state index in [0.717, 1.165) is 11.6 Å². The minimum atomic E-state index is -1.45. The van der Waals surface area contributed by atoms with Crippen LogP contribution in [0.4, 0.5) is 13.2 Å². The van der Waals surface area contributed by atoms with Gasteiger partial charge in [0.15, 0.2) is 17.5 Å². The number of hydrogen-bond acceptors (Lipinski definition) is 2. The summed E-state index contributed by atoms with van der Waals surface area (Å²) >= 11 is 0. The maximum Gasteiger partial charge on any atom is 0.194 e. The SMILES string of the molecule is CCNC(c1ccoc1CC)c1ccc(F)c(F)c1F. The molecule has 2 rings (SSSR count). The van der Waals surface area contributed by atoms with Gasteiger partial charge in [0.2, 0.25) is 0 Å². The largest absolute Gasteiger partial charge is 0.469 e. The molecule has 2 nitrogen and oxygen atoms in total. The van der Waals surface area contributed by atoms with E-state index in [9.17, 15) is 13.2 Å². The number of hydrogen-bond donors (Lipinski definition) is 1. The molecule has 1 unspecified atom stereocenters. The van der Waals surface area contributed by atoms with Gasteiger partial charge in [-0.25, -0.2) is 13.2 Å². The number of furan rings is 1. The second-order valence-electron chi connectivity index (χ2n) is 4.41. The fourth-order valence-corrected chi connectivity index (χ4v) is 2.25. The van der Waals surface area contributed by atoms with Crippen LogP contribution in [0.2, 0.25) is 0 Å². The lowest BCUT2D eigenvalue weighted by molar-refractivity contribution is 0.431. The lowest BCUT2D eigenvalue weighted by atomic mass is 9.97. The predicted molar refractivity (Wildman–Crippen MR) is 69.9 cm³/mol. The molecule has 0 saturated heterocycles. The first-order valence-electron chi connectivity index (χ1n) is 6.53. The van der Waals surface area contributed by atoms with E-state index in [1.54, 1.807) is 6.07 Å². The third-order valence-corrected chi connectivity index (χ3v) is 3.20. The molecule has 0 saturated carbocycles. The van der Waals surface area contributed by atoms with E-state index < -0.39 is 23.5 Å². The van der Waals surface area contributed by atoms with Gasteiger partial charge in [-0.15, -0.1) is 0 Å². The molecule has 1 N–H and O–H groups in total. The van der Waals surface area contributed by atoms with Crippen molar-refractivity contribution < 1.29 is 17.6 Å². The molecule has 20 heavy (non-hydrogen) atoms. The quantitative estimate of drug-likeness (QED) is 0.840. The zero-order valence-electron chi connectivity index (χ0n) is 11.3. The molecule has 1 aromatic heterocycles. The minimum absolute atomic E-state index is 0.0712. The number of halogens is 3. The molecule has 0 amide bonds. The summed E-state index contributed by atoms with van der Waals surface area (Å²) in [4.78, 5) is 0. The van der Waals surface area contributed by atoms with E-state index in [-0.39, 0.29) is 5.56 Å². The Morgan fingerprint density at radius 3 is 2.45 bits per heavy atom. The Morgan fingerprint density at radius 1 is 1.05 bits per heavy atom. The van der Waals surface area contributed by atoms with E-state index >= 15 is 0 Å². The Kier molecular flexibility index (Phi) is 4.49. The first-order valence-corrected chi connectivity index (χ1v) is 6.53. The van der Waals surface area contributed by atoms with E-state index in [4.69, 9.17) is 4.42 Å². The molecule has 0 aliphatic carbocycles. The monoisotopic (exact) mass is 283 g/mol. The molecule has 1 aromatic carbocycles. The molecule has 0 fully saturated rings. The molecule has 0 aliphatic heterocycles. The first-order chi connectivity index (χ1) is 9.60. The van der Waals surface area contributed by atoms with Crippen molar-refractivity contribution in [3.05, 3.63) is 58.8 Å². The summed E-state index contributed by atoms with van der Waals surface area (Å²) in [6.45, 7) is 4.32. The fourth-order valence-electron chi connectivity index (χ4n) is 2.25. The summed E-state index contributed by atoms with van der Waals surface area (Å²) < 4.78 is 45.8. The van der Waals surface area contributed by atoms with Crippen LogP contribution < -0.4 is 5.32 Å². The Balaban J connectivity index is 2.52. The lowest BCUT2D eigenvalue weighted by Crippen LogP contribution is -2.24. The molecule has 0 bridgehead atoms. The van der Waals surface area contributed by atoms with Gasteiger partial charge in [0.05, 0.1) is 12.3 Å². The molecule has 108 valence electrons. The van der Waals surface area contributed by atoms with Crippen molar-refractivity contribution in [1.29, 1.82) is 0 Å². The summed E-state index contributed by atoms with van der Waals surface area (Å²) in [6, 6.07) is 3.34. The number of nitrogens with one attached hydrogen (secondary N) is 1. The number of benzene rings is 1. The Bertz CT molecular complexity index is 595. The average molecular weight is 283 g/mol. The van der Waals surface area contributed by atoms with Crippen LogP contribution in [-0.4, -0.2) is 6.54 Å². The Hall–Kier alpha value is -1.75. The highest BCUT2D eigenvalue weighted by molar-refractivity contribution is 5.35. The number of rotatable bonds is 5. The number of aryl methyl sites for hydroxylation is 1. The highest BCUT2D eigenvalue weighted by Gasteiger charge is 2.24. The molecule has 2 aromatic rings. The maximum absolute atomic E-state index is 14.0. The van der Waals surface area contributed by atoms with Gasteiger partial charge in [-0.2, -0.15) is 0 Å². The van der Waals surface area contributed by atoms with Gasteiger partial charge in [0.1, 0.15) is 5.76 Å². The van der Waals surface area contributed by atoms with Gasteiger partial charge in [0, 0.05) is 17.5 Å². The van der Waals surface area contributed by atoms with Gasteiger partial charge in [-0.1, -0.05) is 19.9 Å². The Morgan fingerprint density at radius 2 is 1.80 bits per heavy atom. The topological polar surface area (TPSA) is 25.2 Å². The zero-order valence-corrected chi connectivity index (χ0v) is 11.3. The van der Waals surface area contributed by atoms with Crippen molar-refractivity contribution in [2.75, 3.05) is 6.54 Å². The molecular weight excluding hydrogens is 267 g/mol. The smallest absolute Gasteiger partial charge is 0.194 e. The van der Waals surface area contributed by atoms with Crippen LogP contribution in [0.25, 0.3) is 0 Å². The molecule has 0 radical (unpaired) electrons. The van der Waals surface area contributed by atoms with Gasteiger partial charge in [-0.3, -0.25) is 0 Å². The normalized spacial score (nSPS) is 12.7. The first kappa shape index (κ1) is 14.7. The van der Waals surface area contributed by atoms with Crippen molar-refractivity contribution in [3.8, 4) is 0 Å². The predicted octanol–water partition coefficient (Wildman–Crippen LogP) is 3.96. The second kappa shape index (κ2) is 6.13. The zero-order chi connectivity index (χ0) is 14.7. The van der Waals surface area contributed by atoms with Gasteiger partial charge < -0.3 is 9.73 Å². The summed E-state index contributed by atoms with van der Waals surface area (Å²) in [6.07, 6.45) is 2.14. The third kappa shape index (κ3) is 2.58. The summed E-state index contributed by atoms with van der Waals surface area (Å²) in [5.74, 6) is -3.12. The lowest BCUT2D eigenvalue weighted by Gasteiger charge is -2.19. The van der Waals surface area contributed by atoms with Gasteiger partial charge in [0.25, 0.3) is 0 Å². The van der Waals surface area contributed by atoms with Crippen LogP contribution in [0.3, 0.4) is 0 Å². The van der Waals surface area contributed by atoms with Gasteiger partial charge >= 0.3 is 0 Å². The van der Waals surface area contributed by atoms with E-state index in [1.807, 2.05) is 13.8 Å². The molecular formula is C15H16F3NO. The maximum atomic E-state index is 14.0. The third-order valence-electron chi connectivity index (χ3n) is 3.20. The van der Waals surface area contributed by atoms with Crippen LogP contribution in [0.15, 0.2) is 28.9 Å². The van der Waals surface area contributed by atoms with Crippen molar-refractivity contribution in [2.45, 2.75) is 26.3 Å². The van der Waals surface area contributed by atoms with Crippen LogP contribution in [0.1, 0.15) is 36.8 Å². The van der Waals surface area contributed by atoms with E-state index in [1.165, 1.54) is 12.3 Å². The van der Waals surface area contributed by atoms with Crippen molar-refractivity contribution in [2.24, 2.45) is 0 Å². The van der Waals surface area contributed by atoms with Crippen LogP contribution in [0.5, 0.6) is 0 Å². The molecule has 1 heterocycles. The minimum Gasteiger partial charge on any atom is -0.469 e. The summed E-state index contributed by atoms with van der Waals surface area (Å²) in [5.41, 5.74) is 0.807. The van der Waals surface area contributed by atoms with E-state index in [2.05, 4.69) is 5.32 Å². The van der Waals surface area contributed by atoms with Crippen LogP contribution >= 0.6 is 0 Å². The standard InChI is InChI=1S/C15H16F3NO/c1-3-12-9(7-8-20-12)15(19-4-2)10-5-6-11(16)14(18)13(10)17/h5-8,15,19H,3-4H2,1-2H3. The molecule has 1 atom stereocenters. The van der Waals surface area contributed by atoms with Crippen molar-refractivity contribution in [1.82, 2.24) is 5.32 Å². The summed E-state index contributed by atoms with van der Waals surface area (Å²) in [5, 5.41) is 3.07. The highest BCUT2D eigenvalue weighted by Crippen LogP contribution is 2.29. The fraction of sp³-hybridized carbons (Fsp3) is 0.333. The average Bonchev–Trinajstić information content (AvgIpc) is 2.91. The van der Waals surface area contributed by atoms with Crippen molar-refractivity contribution in [3.63, 3.8) is 0 Å². The van der Waals surface area contributed by atoms with Crippen molar-refractivity contribution >= 4 is 0 Å². The van der Waals surface area contributed by atoms with Crippen LogP contribution in [-0.2, 0) is 6.42 Å².